The zero-order valence-corrected chi connectivity index (χ0v) is 14.1. The van der Waals surface area contributed by atoms with Gasteiger partial charge < -0.3 is 0 Å². The maximum Gasteiger partial charge on any atom is 0.277 e. The number of nitrogens with two attached hydrogens (primary N) is 1. The largest absolute Gasteiger partial charge is 0.277 e. The molecule has 2 rings (SSSR count). The van der Waals surface area contributed by atoms with Gasteiger partial charge in [0, 0.05) is 23.1 Å². The van der Waals surface area contributed by atoms with Crippen LogP contribution in [0.4, 0.5) is 0 Å². The lowest BCUT2D eigenvalue weighted by molar-refractivity contribution is 0.410. The second-order valence-electron chi connectivity index (χ2n) is 4.85. The van der Waals surface area contributed by atoms with Crippen molar-refractivity contribution >= 4 is 33.4 Å². The fourth-order valence-corrected chi connectivity index (χ4v) is 3.17. The molecule has 4 nitrogen and oxygen atoms in total. The summed E-state index contributed by atoms with van der Waals surface area (Å²) < 4.78 is 24.7. The SMILES string of the molecule is NS(=O)(=O)N(CCc1ccccc1)Cc1ccc(Cl)cc1Cl. The van der Waals surface area contributed by atoms with Gasteiger partial charge in [0.25, 0.3) is 10.2 Å². The lowest BCUT2D eigenvalue weighted by Gasteiger charge is -2.20. The molecule has 7 heteroatoms. The van der Waals surface area contributed by atoms with Gasteiger partial charge in [-0.3, -0.25) is 0 Å². The van der Waals surface area contributed by atoms with E-state index < -0.39 is 10.2 Å². The van der Waals surface area contributed by atoms with Crippen LogP contribution in [0.1, 0.15) is 11.1 Å². The molecule has 0 unspecified atom stereocenters. The van der Waals surface area contributed by atoms with Crippen LogP contribution in [0.2, 0.25) is 10.0 Å². The van der Waals surface area contributed by atoms with E-state index >= 15 is 0 Å². The molecular formula is C15H16Cl2N2O2S. The Morgan fingerprint density at radius 2 is 1.73 bits per heavy atom. The van der Waals surface area contributed by atoms with Gasteiger partial charge in [-0.05, 0) is 29.7 Å². The summed E-state index contributed by atoms with van der Waals surface area (Å²) in [6.45, 7) is 0.392. The predicted molar refractivity (Wildman–Crippen MR) is 90.1 cm³/mol. The Labute approximate surface area is 140 Å². The highest BCUT2D eigenvalue weighted by atomic mass is 35.5. The highest BCUT2D eigenvalue weighted by Gasteiger charge is 2.18. The quantitative estimate of drug-likeness (QED) is 0.861. The second-order valence-corrected chi connectivity index (χ2v) is 7.24. The van der Waals surface area contributed by atoms with Crippen LogP contribution in [0.25, 0.3) is 0 Å². The Bertz CT molecular complexity index is 736. The average Bonchev–Trinajstić information content (AvgIpc) is 2.45. The highest BCUT2D eigenvalue weighted by molar-refractivity contribution is 7.86. The normalized spacial score (nSPS) is 11.8. The summed E-state index contributed by atoms with van der Waals surface area (Å²) in [6.07, 6.45) is 0.572. The monoisotopic (exact) mass is 358 g/mol. The molecule has 0 atom stereocenters. The van der Waals surface area contributed by atoms with Gasteiger partial charge in [-0.15, -0.1) is 0 Å². The molecule has 0 spiro atoms. The van der Waals surface area contributed by atoms with Crippen molar-refractivity contribution in [3.63, 3.8) is 0 Å². The molecule has 2 aromatic carbocycles. The van der Waals surface area contributed by atoms with Gasteiger partial charge in [-0.1, -0.05) is 59.6 Å². The number of rotatable bonds is 6. The van der Waals surface area contributed by atoms with E-state index in [0.29, 0.717) is 22.0 Å². The fraction of sp³-hybridized carbons (Fsp3) is 0.200. The van der Waals surface area contributed by atoms with Crippen LogP contribution in [-0.2, 0) is 23.2 Å². The van der Waals surface area contributed by atoms with Crippen LogP contribution < -0.4 is 5.14 Å². The lowest BCUT2D eigenvalue weighted by Crippen LogP contribution is -2.37. The first kappa shape index (κ1) is 17.2. The predicted octanol–water partition coefficient (Wildman–Crippen LogP) is 3.24. The van der Waals surface area contributed by atoms with E-state index in [0.717, 1.165) is 5.56 Å². The first-order valence-electron chi connectivity index (χ1n) is 6.62. The van der Waals surface area contributed by atoms with Crippen LogP contribution in [0.5, 0.6) is 0 Å². The smallest absolute Gasteiger partial charge is 0.216 e. The number of halogens is 2. The lowest BCUT2D eigenvalue weighted by atomic mass is 10.1. The zero-order chi connectivity index (χ0) is 16.2. The van der Waals surface area contributed by atoms with Gasteiger partial charge in [-0.2, -0.15) is 12.7 Å². The number of benzene rings is 2. The molecule has 0 aliphatic rings. The van der Waals surface area contributed by atoms with Crippen LogP contribution in [0, 0.1) is 0 Å². The van der Waals surface area contributed by atoms with Crippen LogP contribution in [-0.4, -0.2) is 19.3 Å². The maximum absolute atomic E-state index is 11.8. The van der Waals surface area contributed by atoms with Crippen molar-refractivity contribution < 1.29 is 8.42 Å². The summed E-state index contributed by atoms with van der Waals surface area (Å²) in [7, 11) is -3.82. The molecule has 0 fully saturated rings. The van der Waals surface area contributed by atoms with E-state index in [4.69, 9.17) is 28.3 Å². The summed E-state index contributed by atoms with van der Waals surface area (Å²) in [5.41, 5.74) is 1.70. The van der Waals surface area contributed by atoms with Gasteiger partial charge in [0.15, 0.2) is 0 Å². The third kappa shape index (κ3) is 4.97. The minimum absolute atomic E-state index is 0.113. The van der Waals surface area contributed by atoms with E-state index in [9.17, 15) is 8.42 Å². The first-order valence-corrected chi connectivity index (χ1v) is 8.88. The van der Waals surface area contributed by atoms with Crippen LogP contribution in [0.3, 0.4) is 0 Å². The van der Waals surface area contributed by atoms with E-state index in [1.165, 1.54) is 4.31 Å². The van der Waals surface area contributed by atoms with Crippen molar-refractivity contribution in [1.82, 2.24) is 4.31 Å². The third-order valence-corrected chi connectivity index (χ3v) is 4.83. The molecule has 0 amide bonds. The number of nitrogens with zero attached hydrogens (tertiary/aromatic N) is 1. The van der Waals surface area contributed by atoms with Crippen molar-refractivity contribution in [2.24, 2.45) is 5.14 Å². The number of hydrogen-bond donors (Lipinski definition) is 1. The summed E-state index contributed by atoms with van der Waals surface area (Å²) in [6, 6.07) is 14.6. The fourth-order valence-electron chi connectivity index (χ4n) is 2.03. The molecule has 22 heavy (non-hydrogen) atoms. The van der Waals surface area contributed by atoms with E-state index in [1.807, 2.05) is 30.3 Å². The van der Waals surface area contributed by atoms with E-state index in [-0.39, 0.29) is 13.1 Å². The van der Waals surface area contributed by atoms with Crippen molar-refractivity contribution in [3.05, 3.63) is 69.7 Å². The molecule has 0 heterocycles. The summed E-state index contributed by atoms with van der Waals surface area (Å²) in [5.74, 6) is 0. The van der Waals surface area contributed by atoms with Gasteiger partial charge in [0.2, 0.25) is 0 Å². The van der Waals surface area contributed by atoms with Crippen molar-refractivity contribution in [3.8, 4) is 0 Å². The highest BCUT2D eigenvalue weighted by Crippen LogP contribution is 2.23. The van der Waals surface area contributed by atoms with Crippen LogP contribution in [0.15, 0.2) is 48.5 Å². The van der Waals surface area contributed by atoms with Crippen LogP contribution >= 0.6 is 23.2 Å². The molecule has 2 aromatic rings. The Hall–Kier alpha value is -1.11. The molecule has 0 radical (unpaired) electrons. The van der Waals surface area contributed by atoms with Crippen molar-refractivity contribution in [2.75, 3.05) is 6.54 Å². The Balaban J connectivity index is 2.13. The van der Waals surface area contributed by atoms with Crippen molar-refractivity contribution in [2.45, 2.75) is 13.0 Å². The molecular weight excluding hydrogens is 343 g/mol. The Morgan fingerprint density at radius 1 is 1.05 bits per heavy atom. The molecule has 0 aliphatic heterocycles. The Kier molecular flexibility index (Phi) is 5.83. The summed E-state index contributed by atoms with van der Waals surface area (Å²) in [5, 5.41) is 6.22. The average molecular weight is 359 g/mol. The van der Waals surface area contributed by atoms with Crippen molar-refractivity contribution in [1.29, 1.82) is 0 Å². The summed E-state index contributed by atoms with van der Waals surface area (Å²) >= 11 is 11.9. The van der Waals surface area contributed by atoms with Gasteiger partial charge in [-0.25, -0.2) is 5.14 Å². The van der Waals surface area contributed by atoms with Gasteiger partial charge >= 0.3 is 0 Å². The third-order valence-electron chi connectivity index (χ3n) is 3.21. The molecule has 0 aromatic heterocycles. The molecule has 0 aliphatic carbocycles. The minimum Gasteiger partial charge on any atom is -0.216 e. The first-order chi connectivity index (χ1) is 10.4. The molecule has 0 saturated heterocycles. The van der Waals surface area contributed by atoms with Gasteiger partial charge in [0.05, 0.1) is 0 Å². The standard InChI is InChI=1S/C15H16Cl2N2O2S/c16-14-7-6-13(15(17)10-14)11-19(22(18,20)21)9-8-12-4-2-1-3-5-12/h1-7,10H,8-9,11H2,(H2,18,20,21). The zero-order valence-electron chi connectivity index (χ0n) is 11.7. The second kappa shape index (κ2) is 7.44. The summed E-state index contributed by atoms with van der Waals surface area (Å²) in [4.78, 5) is 0. The number of hydrogen-bond acceptors (Lipinski definition) is 2. The molecule has 0 saturated carbocycles. The minimum atomic E-state index is -3.82. The topological polar surface area (TPSA) is 63.4 Å². The molecule has 0 bridgehead atoms. The van der Waals surface area contributed by atoms with Gasteiger partial charge in [0.1, 0.15) is 0 Å². The van der Waals surface area contributed by atoms with E-state index in [1.54, 1.807) is 18.2 Å². The van der Waals surface area contributed by atoms with E-state index in [2.05, 4.69) is 0 Å². The molecule has 118 valence electrons. The Morgan fingerprint density at radius 3 is 2.32 bits per heavy atom. The maximum atomic E-state index is 11.8. The molecule has 2 N–H and O–H groups in total.